The molecule has 0 aromatic carbocycles. The highest BCUT2D eigenvalue weighted by atomic mass is 16.4. The third kappa shape index (κ3) is 4.89. The van der Waals surface area contributed by atoms with Crippen LogP contribution < -0.4 is 4.90 Å². The summed E-state index contributed by atoms with van der Waals surface area (Å²) in [5.41, 5.74) is 2.46. The fourth-order valence-corrected chi connectivity index (χ4v) is 3.20. The van der Waals surface area contributed by atoms with Gasteiger partial charge in [-0.05, 0) is 24.5 Å². The molecule has 0 saturated heterocycles. The zero-order valence-electron chi connectivity index (χ0n) is 16.6. The number of H-pyrrole nitrogens is 1. The van der Waals surface area contributed by atoms with Gasteiger partial charge in [0.1, 0.15) is 0 Å². The minimum Gasteiger partial charge on any atom is -0.481 e. The van der Waals surface area contributed by atoms with Gasteiger partial charge in [-0.2, -0.15) is 5.21 Å². The predicted octanol–water partition coefficient (Wildman–Crippen LogP) is 1.94. The van der Waals surface area contributed by atoms with Crippen molar-refractivity contribution in [2.75, 3.05) is 19.0 Å². The van der Waals surface area contributed by atoms with Crippen molar-refractivity contribution in [3.05, 3.63) is 42.1 Å². The summed E-state index contributed by atoms with van der Waals surface area (Å²) in [6.07, 6.45) is 6.95. The molecule has 3 aromatic heterocycles. The third-order valence-electron chi connectivity index (χ3n) is 4.71. The van der Waals surface area contributed by atoms with Crippen LogP contribution in [-0.4, -0.2) is 60.7 Å². The zero-order chi connectivity index (χ0) is 20.8. The molecule has 0 fully saturated rings. The first-order valence-electron chi connectivity index (χ1n) is 9.40. The standard InChI is InChI=1S/C19H24N8O2/c1-4-5-14(18(28)29)15(17-23-25-26-24-17)8-12-6-7-16(20-9-12)13-10-21-19(22-11-13)27(2)3/h6-7,9-11,14-15H,4-5,8H2,1-3H3,(H,28,29)(H,23,24,25,26)/t14-,15-/m0/s1. The van der Waals surface area contributed by atoms with E-state index in [0.29, 0.717) is 24.6 Å². The Morgan fingerprint density at radius 1 is 1.17 bits per heavy atom. The number of hydrogen-bond donors (Lipinski definition) is 2. The number of pyridine rings is 1. The molecule has 0 amide bonds. The molecule has 0 aliphatic heterocycles. The number of rotatable bonds is 9. The maximum atomic E-state index is 11.8. The summed E-state index contributed by atoms with van der Waals surface area (Å²) < 4.78 is 0. The van der Waals surface area contributed by atoms with Crippen LogP contribution in [0.25, 0.3) is 11.3 Å². The molecule has 3 rings (SSSR count). The molecule has 3 heterocycles. The first kappa shape index (κ1) is 20.3. The van der Waals surface area contributed by atoms with E-state index in [1.807, 2.05) is 38.1 Å². The molecule has 0 saturated carbocycles. The number of anilines is 1. The highest BCUT2D eigenvalue weighted by Crippen LogP contribution is 2.30. The van der Waals surface area contributed by atoms with E-state index >= 15 is 0 Å². The van der Waals surface area contributed by atoms with E-state index in [-0.39, 0.29) is 5.92 Å². The summed E-state index contributed by atoms with van der Waals surface area (Å²) >= 11 is 0. The van der Waals surface area contributed by atoms with E-state index in [0.717, 1.165) is 23.2 Å². The first-order valence-corrected chi connectivity index (χ1v) is 9.40. The molecule has 2 atom stereocenters. The molecule has 0 unspecified atom stereocenters. The Hall–Kier alpha value is -3.43. The lowest BCUT2D eigenvalue weighted by molar-refractivity contribution is -0.142. The molecule has 10 nitrogen and oxygen atoms in total. The van der Waals surface area contributed by atoms with Crippen LogP contribution in [0.15, 0.2) is 30.7 Å². The Morgan fingerprint density at radius 3 is 2.45 bits per heavy atom. The molecule has 0 aliphatic rings. The van der Waals surface area contributed by atoms with Gasteiger partial charge < -0.3 is 10.0 Å². The normalized spacial score (nSPS) is 13.1. The van der Waals surface area contributed by atoms with Gasteiger partial charge >= 0.3 is 5.97 Å². The molecule has 29 heavy (non-hydrogen) atoms. The number of aromatic nitrogens is 7. The van der Waals surface area contributed by atoms with E-state index < -0.39 is 11.9 Å². The number of carboxylic acids is 1. The minimum atomic E-state index is -0.857. The van der Waals surface area contributed by atoms with Crippen molar-refractivity contribution in [2.24, 2.45) is 5.92 Å². The summed E-state index contributed by atoms with van der Waals surface area (Å²) in [6, 6.07) is 3.81. The Bertz CT molecular complexity index is 910. The predicted molar refractivity (Wildman–Crippen MR) is 106 cm³/mol. The van der Waals surface area contributed by atoms with Gasteiger partial charge in [-0.15, -0.1) is 10.2 Å². The Kier molecular flexibility index (Phi) is 6.43. The molecule has 0 radical (unpaired) electrons. The second-order valence-electron chi connectivity index (χ2n) is 7.03. The lowest BCUT2D eigenvalue weighted by Gasteiger charge is -2.21. The molecule has 0 bridgehead atoms. The van der Waals surface area contributed by atoms with Crippen LogP contribution in [0.5, 0.6) is 0 Å². The largest absolute Gasteiger partial charge is 0.481 e. The van der Waals surface area contributed by atoms with Gasteiger partial charge in [0.25, 0.3) is 0 Å². The van der Waals surface area contributed by atoms with E-state index in [2.05, 4.69) is 35.6 Å². The number of aliphatic carboxylic acids is 1. The Balaban J connectivity index is 1.81. The second kappa shape index (κ2) is 9.18. The quantitative estimate of drug-likeness (QED) is 0.556. The van der Waals surface area contributed by atoms with Gasteiger partial charge in [0.05, 0.1) is 11.6 Å². The van der Waals surface area contributed by atoms with Gasteiger partial charge in [0, 0.05) is 44.2 Å². The zero-order valence-corrected chi connectivity index (χ0v) is 16.6. The topological polar surface area (TPSA) is 134 Å². The van der Waals surface area contributed by atoms with Gasteiger partial charge in [0.2, 0.25) is 5.95 Å². The van der Waals surface area contributed by atoms with Gasteiger partial charge in [0.15, 0.2) is 5.82 Å². The Labute approximate surface area is 168 Å². The van der Waals surface area contributed by atoms with Crippen LogP contribution in [0, 0.1) is 5.92 Å². The molecule has 3 aromatic rings. The highest BCUT2D eigenvalue weighted by molar-refractivity contribution is 5.71. The number of carbonyl (C=O) groups is 1. The fraction of sp³-hybridized carbons (Fsp3) is 0.421. The summed E-state index contributed by atoms with van der Waals surface area (Å²) in [5, 5.41) is 23.8. The number of carboxylic acid groups (broad SMARTS) is 1. The molecule has 10 heteroatoms. The van der Waals surface area contributed by atoms with Crippen molar-refractivity contribution >= 4 is 11.9 Å². The van der Waals surface area contributed by atoms with Crippen LogP contribution in [0.1, 0.15) is 37.1 Å². The second-order valence-corrected chi connectivity index (χ2v) is 7.03. The summed E-state index contributed by atoms with van der Waals surface area (Å²) in [4.78, 5) is 26.8. The minimum absolute atomic E-state index is 0.387. The van der Waals surface area contributed by atoms with Crippen molar-refractivity contribution in [2.45, 2.75) is 32.1 Å². The monoisotopic (exact) mass is 396 g/mol. The summed E-state index contributed by atoms with van der Waals surface area (Å²) in [6.45, 7) is 1.96. The lowest BCUT2D eigenvalue weighted by Crippen LogP contribution is -2.25. The lowest BCUT2D eigenvalue weighted by atomic mass is 9.83. The van der Waals surface area contributed by atoms with E-state index in [9.17, 15) is 9.90 Å². The number of tetrazole rings is 1. The van der Waals surface area contributed by atoms with Gasteiger partial charge in [-0.25, -0.2) is 9.97 Å². The molecule has 152 valence electrons. The smallest absolute Gasteiger partial charge is 0.307 e. The van der Waals surface area contributed by atoms with E-state index in [1.165, 1.54) is 0 Å². The third-order valence-corrected chi connectivity index (χ3v) is 4.71. The number of nitrogens with one attached hydrogen (secondary N) is 1. The molecule has 0 spiro atoms. The highest BCUT2D eigenvalue weighted by Gasteiger charge is 2.32. The van der Waals surface area contributed by atoms with Crippen molar-refractivity contribution in [3.8, 4) is 11.3 Å². The van der Waals surface area contributed by atoms with Gasteiger partial charge in [-0.3, -0.25) is 9.78 Å². The van der Waals surface area contributed by atoms with Crippen molar-refractivity contribution in [3.63, 3.8) is 0 Å². The maximum absolute atomic E-state index is 11.8. The maximum Gasteiger partial charge on any atom is 0.307 e. The van der Waals surface area contributed by atoms with Crippen LogP contribution in [0.4, 0.5) is 5.95 Å². The average Bonchev–Trinajstić information content (AvgIpc) is 3.25. The summed E-state index contributed by atoms with van der Waals surface area (Å²) in [7, 11) is 3.76. The number of nitrogens with zero attached hydrogens (tertiary/aromatic N) is 7. The number of aromatic amines is 1. The van der Waals surface area contributed by atoms with Crippen LogP contribution in [0.2, 0.25) is 0 Å². The fourth-order valence-electron chi connectivity index (χ4n) is 3.20. The van der Waals surface area contributed by atoms with Crippen LogP contribution >= 0.6 is 0 Å². The van der Waals surface area contributed by atoms with Crippen LogP contribution in [-0.2, 0) is 11.2 Å². The van der Waals surface area contributed by atoms with E-state index in [1.54, 1.807) is 18.6 Å². The van der Waals surface area contributed by atoms with Crippen molar-refractivity contribution < 1.29 is 9.90 Å². The Morgan fingerprint density at radius 2 is 1.93 bits per heavy atom. The SMILES string of the molecule is CCC[C@H](C(=O)O)[C@H](Cc1ccc(-c2cnc(N(C)C)nc2)nc1)c1nn[nH]n1. The number of hydrogen-bond acceptors (Lipinski definition) is 8. The van der Waals surface area contributed by atoms with Gasteiger partial charge in [-0.1, -0.05) is 24.6 Å². The van der Waals surface area contributed by atoms with Crippen LogP contribution in [0.3, 0.4) is 0 Å². The molecule has 0 aliphatic carbocycles. The average molecular weight is 396 g/mol. The van der Waals surface area contributed by atoms with Crippen molar-refractivity contribution in [1.82, 2.24) is 35.6 Å². The molecular formula is C19H24N8O2. The van der Waals surface area contributed by atoms with E-state index in [4.69, 9.17) is 0 Å². The first-order chi connectivity index (χ1) is 14.0. The molecular weight excluding hydrogens is 372 g/mol. The van der Waals surface area contributed by atoms with Crippen molar-refractivity contribution in [1.29, 1.82) is 0 Å². The molecule has 2 N–H and O–H groups in total. The summed E-state index contributed by atoms with van der Waals surface area (Å²) in [5.74, 6) is -0.804.